The summed E-state index contributed by atoms with van der Waals surface area (Å²) in [6.07, 6.45) is 4.58. The topological polar surface area (TPSA) is 143 Å². The van der Waals surface area contributed by atoms with Crippen molar-refractivity contribution in [3.8, 4) is 6.07 Å². The van der Waals surface area contributed by atoms with Gasteiger partial charge in [0, 0.05) is 45.5 Å². The summed E-state index contributed by atoms with van der Waals surface area (Å²) in [6, 6.07) is 5.49. The third kappa shape index (κ3) is 5.38. The van der Waals surface area contributed by atoms with Gasteiger partial charge in [-0.05, 0) is 43.9 Å². The fraction of sp³-hybridized carbons (Fsp3) is 0.435. The standard InChI is InChI=1S/C23H28N6O4/c1-15-5-3-9-29-20(15)27-21(28-10-6-16(7-11-28)19(25)30)18(23(29)32)13-17(14-24)22(31)26-8-4-12-33-2/h3,5,9,13,16H,4,6-8,10-12H2,1-2H3,(H2,25,30)(H,26,31)/b17-13+. The zero-order chi connectivity index (χ0) is 24.0. The Labute approximate surface area is 191 Å². The van der Waals surface area contributed by atoms with E-state index in [1.165, 1.54) is 10.5 Å². The summed E-state index contributed by atoms with van der Waals surface area (Å²) in [5.41, 5.74) is 6.35. The van der Waals surface area contributed by atoms with E-state index < -0.39 is 5.91 Å². The molecule has 2 aromatic heterocycles. The minimum atomic E-state index is -0.569. The predicted octanol–water partition coefficient (Wildman–Crippen LogP) is 0.764. The smallest absolute Gasteiger partial charge is 0.267 e. The second-order valence-corrected chi connectivity index (χ2v) is 7.97. The van der Waals surface area contributed by atoms with E-state index in [4.69, 9.17) is 15.5 Å². The Hall–Kier alpha value is -3.71. The Kier molecular flexibility index (Phi) is 7.79. The number of pyridine rings is 1. The lowest BCUT2D eigenvalue weighted by molar-refractivity contribution is -0.122. The third-order valence-corrected chi connectivity index (χ3v) is 5.73. The van der Waals surface area contributed by atoms with Crippen LogP contribution >= 0.6 is 0 Å². The molecule has 0 saturated carbocycles. The number of anilines is 1. The Balaban J connectivity index is 2.04. The summed E-state index contributed by atoms with van der Waals surface area (Å²) in [5.74, 6) is -0.747. The highest BCUT2D eigenvalue weighted by molar-refractivity contribution is 6.02. The Morgan fingerprint density at radius 3 is 2.76 bits per heavy atom. The molecule has 2 amide bonds. The molecule has 1 aliphatic heterocycles. The predicted molar refractivity (Wildman–Crippen MR) is 123 cm³/mol. The van der Waals surface area contributed by atoms with Gasteiger partial charge in [-0.1, -0.05) is 6.07 Å². The van der Waals surface area contributed by atoms with Crippen LogP contribution in [0.25, 0.3) is 11.7 Å². The van der Waals surface area contributed by atoms with Gasteiger partial charge in [0.1, 0.15) is 23.1 Å². The number of fused-ring (bicyclic) bond motifs is 1. The number of rotatable bonds is 8. The van der Waals surface area contributed by atoms with Crippen LogP contribution in [0.4, 0.5) is 5.82 Å². The number of aromatic nitrogens is 2. The normalized spacial score (nSPS) is 14.8. The first kappa shape index (κ1) is 23.9. The maximum atomic E-state index is 13.4. The fourth-order valence-electron chi connectivity index (χ4n) is 3.85. The number of nitrogens with one attached hydrogen (secondary N) is 1. The molecule has 10 heteroatoms. The average Bonchev–Trinajstić information content (AvgIpc) is 2.81. The minimum absolute atomic E-state index is 0.152. The van der Waals surface area contributed by atoms with Gasteiger partial charge in [-0.3, -0.25) is 18.8 Å². The van der Waals surface area contributed by atoms with Gasteiger partial charge >= 0.3 is 0 Å². The molecule has 3 heterocycles. The monoisotopic (exact) mass is 452 g/mol. The molecule has 0 radical (unpaired) electrons. The van der Waals surface area contributed by atoms with E-state index in [1.54, 1.807) is 19.4 Å². The first-order chi connectivity index (χ1) is 15.9. The SMILES string of the molecule is COCCCNC(=O)/C(C#N)=C/c1c(N2CCC(C(N)=O)CC2)nc2c(C)cccn2c1=O. The van der Waals surface area contributed by atoms with E-state index in [2.05, 4.69) is 5.32 Å². The van der Waals surface area contributed by atoms with Crippen molar-refractivity contribution in [1.29, 1.82) is 5.26 Å². The van der Waals surface area contributed by atoms with Crippen LogP contribution in [0.5, 0.6) is 0 Å². The average molecular weight is 453 g/mol. The Morgan fingerprint density at radius 1 is 1.39 bits per heavy atom. The Bertz CT molecular complexity index is 1170. The van der Waals surface area contributed by atoms with Crippen LogP contribution in [0.1, 0.15) is 30.4 Å². The van der Waals surface area contributed by atoms with Crippen molar-refractivity contribution in [1.82, 2.24) is 14.7 Å². The highest BCUT2D eigenvalue weighted by Gasteiger charge is 2.27. The largest absolute Gasteiger partial charge is 0.385 e. The number of methoxy groups -OCH3 is 1. The van der Waals surface area contributed by atoms with E-state index in [9.17, 15) is 19.6 Å². The van der Waals surface area contributed by atoms with Crippen molar-refractivity contribution >= 4 is 29.4 Å². The molecule has 3 rings (SSSR count). The lowest BCUT2D eigenvalue weighted by Crippen LogP contribution is -2.40. The van der Waals surface area contributed by atoms with Crippen molar-refractivity contribution in [3.05, 3.63) is 45.4 Å². The lowest BCUT2D eigenvalue weighted by atomic mass is 9.96. The van der Waals surface area contributed by atoms with E-state index in [0.717, 1.165) is 5.56 Å². The molecule has 1 saturated heterocycles. The number of carbonyl (C=O) groups is 2. The summed E-state index contributed by atoms with van der Waals surface area (Å²) >= 11 is 0. The van der Waals surface area contributed by atoms with Gasteiger partial charge in [0.05, 0.1) is 5.56 Å². The maximum absolute atomic E-state index is 13.4. The van der Waals surface area contributed by atoms with E-state index >= 15 is 0 Å². The molecular weight excluding hydrogens is 424 g/mol. The molecule has 0 aliphatic carbocycles. The molecule has 0 aromatic carbocycles. The third-order valence-electron chi connectivity index (χ3n) is 5.73. The molecule has 0 unspecified atom stereocenters. The number of carbonyl (C=O) groups excluding carboxylic acids is 2. The quantitative estimate of drug-likeness (QED) is 0.342. The van der Waals surface area contributed by atoms with Crippen molar-refractivity contribution < 1.29 is 14.3 Å². The number of primary amides is 1. The van der Waals surface area contributed by atoms with E-state index in [-0.39, 0.29) is 28.5 Å². The van der Waals surface area contributed by atoms with Crippen LogP contribution < -0.4 is 21.5 Å². The van der Waals surface area contributed by atoms with Gasteiger partial charge in [-0.2, -0.15) is 5.26 Å². The van der Waals surface area contributed by atoms with Crippen molar-refractivity contribution in [2.45, 2.75) is 26.2 Å². The summed E-state index contributed by atoms with van der Waals surface area (Å²) in [5, 5.41) is 12.3. The van der Waals surface area contributed by atoms with Gasteiger partial charge in [0.2, 0.25) is 5.91 Å². The summed E-state index contributed by atoms with van der Waals surface area (Å²) in [6.45, 7) is 3.64. The molecule has 1 aliphatic rings. The first-order valence-corrected chi connectivity index (χ1v) is 10.8. The first-order valence-electron chi connectivity index (χ1n) is 10.8. The van der Waals surface area contributed by atoms with Crippen LogP contribution in [-0.4, -0.2) is 54.5 Å². The van der Waals surface area contributed by atoms with Gasteiger partial charge in [-0.25, -0.2) is 4.98 Å². The summed E-state index contributed by atoms with van der Waals surface area (Å²) in [4.78, 5) is 44.2. The molecule has 0 bridgehead atoms. The molecule has 33 heavy (non-hydrogen) atoms. The van der Waals surface area contributed by atoms with Crippen molar-refractivity contribution in [2.24, 2.45) is 11.7 Å². The van der Waals surface area contributed by atoms with Crippen LogP contribution in [-0.2, 0) is 14.3 Å². The van der Waals surface area contributed by atoms with Crippen LogP contribution in [0.3, 0.4) is 0 Å². The molecule has 1 fully saturated rings. The maximum Gasteiger partial charge on any atom is 0.267 e. The minimum Gasteiger partial charge on any atom is -0.385 e. The highest BCUT2D eigenvalue weighted by Crippen LogP contribution is 2.26. The second-order valence-electron chi connectivity index (χ2n) is 7.97. The molecule has 0 atom stereocenters. The van der Waals surface area contributed by atoms with E-state index in [0.29, 0.717) is 57.0 Å². The zero-order valence-corrected chi connectivity index (χ0v) is 18.8. The number of amides is 2. The number of nitrogens with zero attached hydrogens (tertiary/aromatic N) is 4. The number of nitriles is 1. The molecule has 0 spiro atoms. The summed E-state index contributed by atoms with van der Waals surface area (Å²) in [7, 11) is 1.57. The van der Waals surface area contributed by atoms with E-state index in [1.807, 2.05) is 24.0 Å². The van der Waals surface area contributed by atoms with Crippen LogP contribution in [0.15, 0.2) is 28.7 Å². The number of piperidine rings is 1. The molecule has 2 aromatic rings. The van der Waals surface area contributed by atoms with Gasteiger partial charge in [0.15, 0.2) is 0 Å². The zero-order valence-electron chi connectivity index (χ0n) is 18.8. The molecule has 10 nitrogen and oxygen atoms in total. The number of hydrogen-bond acceptors (Lipinski definition) is 7. The fourth-order valence-corrected chi connectivity index (χ4v) is 3.85. The second kappa shape index (κ2) is 10.7. The van der Waals surface area contributed by atoms with Crippen LogP contribution in [0.2, 0.25) is 0 Å². The van der Waals surface area contributed by atoms with Crippen molar-refractivity contribution in [2.75, 3.05) is 38.3 Å². The number of hydrogen-bond donors (Lipinski definition) is 2. The number of ether oxygens (including phenoxy) is 1. The van der Waals surface area contributed by atoms with Gasteiger partial charge < -0.3 is 20.7 Å². The molecular formula is C23H28N6O4. The van der Waals surface area contributed by atoms with Crippen LogP contribution in [0, 0.1) is 24.2 Å². The molecule has 3 N–H and O–H groups in total. The van der Waals surface area contributed by atoms with Gasteiger partial charge in [0.25, 0.3) is 11.5 Å². The summed E-state index contributed by atoms with van der Waals surface area (Å²) < 4.78 is 6.37. The van der Waals surface area contributed by atoms with Crippen molar-refractivity contribution in [3.63, 3.8) is 0 Å². The molecule has 174 valence electrons. The number of nitrogens with two attached hydrogens (primary N) is 1. The van der Waals surface area contributed by atoms with Gasteiger partial charge in [-0.15, -0.1) is 0 Å². The lowest BCUT2D eigenvalue weighted by Gasteiger charge is -2.32. The highest BCUT2D eigenvalue weighted by atomic mass is 16.5. The number of aryl methyl sites for hydroxylation is 1. The Morgan fingerprint density at radius 2 is 2.12 bits per heavy atom.